The van der Waals surface area contributed by atoms with E-state index in [0.717, 1.165) is 24.9 Å². The quantitative estimate of drug-likeness (QED) is 0.867. The summed E-state index contributed by atoms with van der Waals surface area (Å²) in [4.78, 5) is 0.309. The van der Waals surface area contributed by atoms with Gasteiger partial charge >= 0.3 is 0 Å². The first-order chi connectivity index (χ1) is 8.03. The van der Waals surface area contributed by atoms with E-state index in [1.165, 1.54) is 0 Å². The Morgan fingerprint density at radius 2 is 2.12 bits per heavy atom. The maximum atomic E-state index is 12.0. The van der Waals surface area contributed by atoms with Gasteiger partial charge in [-0.3, -0.25) is 0 Å². The zero-order valence-electron chi connectivity index (χ0n) is 9.53. The minimum Gasteiger partial charge on any atom is -0.316 e. The number of nitrogens with one attached hydrogen (secondary N) is 2. The normalized spacial score (nSPS) is 16.1. The van der Waals surface area contributed by atoms with Crippen LogP contribution in [-0.4, -0.2) is 21.5 Å². The van der Waals surface area contributed by atoms with Crippen molar-refractivity contribution in [2.75, 3.05) is 7.05 Å². The Morgan fingerprint density at radius 3 is 2.65 bits per heavy atom. The van der Waals surface area contributed by atoms with E-state index in [0.29, 0.717) is 9.37 Å². The molecular formula is C11H15BrN2O2S. The van der Waals surface area contributed by atoms with Crippen molar-refractivity contribution in [2.45, 2.75) is 30.3 Å². The van der Waals surface area contributed by atoms with Crippen molar-refractivity contribution in [1.29, 1.82) is 0 Å². The van der Waals surface area contributed by atoms with Gasteiger partial charge in [0.1, 0.15) is 0 Å². The standard InChI is InChI=1S/C11H15BrN2O2S/c1-13-7-8-2-5-11(10(12)6-8)17(15,16)14-9-3-4-9/h2,5-6,9,13-14H,3-4,7H2,1H3. The van der Waals surface area contributed by atoms with Gasteiger partial charge in [0.05, 0.1) is 4.90 Å². The first-order valence-corrected chi connectivity index (χ1v) is 7.76. The number of halogens is 1. The average Bonchev–Trinajstić information content (AvgIpc) is 3.01. The van der Waals surface area contributed by atoms with Gasteiger partial charge in [-0.1, -0.05) is 6.07 Å². The minimum atomic E-state index is -3.38. The molecule has 17 heavy (non-hydrogen) atoms. The van der Waals surface area contributed by atoms with Crippen molar-refractivity contribution in [1.82, 2.24) is 10.0 Å². The molecule has 4 nitrogen and oxygen atoms in total. The molecule has 0 aromatic heterocycles. The molecule has 1 aromatic rings. The molecule has 1 fully saturated rings. The van der Waals surface area contributed by atoms with Crippen molar-refractivity contribution >= 4 is 26.0 Å². The van der Waals surface area contributed by atoms with Crippen molar-refractivity contribution < 1.29 is 8.42 Å². The van der Waals surface area contributed by atoms with E-state index in [4.69, 9.17) is 0 Å². The molecule has 2 N–H and O–H groups in total. The summed E-state index contributed by atoms with van der Waals surface area (Å²) in [5.74, 6) is 0. The summed E-state index contributed by atoms with van der Waals surface area (Å²) < 4.78 is 27.3. The molecule has 0 radical (unpaired) electrons. The summed E-state index contributed by atoms with van der Waals surface area (Å²) in [6, 6.07) is 5.42. The topological polar surface area (TPSA) is 58.2 Å². The minimum absolute atomic E-state index is 0.129. The highest BCUT2D eigenvalue weighted by molar-refractivity contribution is 9.10. The van der Waals surface area contributed by atoms with Crippen molar-refractivity contribution in [3.05, 3.63) is 28.2 Å². The summed E-state index contributed by atoms with van der Waals surface area (Å²) in [7, 11) is -1.52. The lowest BCUT2D eigenvalue weighted by Crippen LogP contribution is -2.26. The van der Waals surface area contributed by atoms with E-state index in [1.54, 1.807) is 6.07 Å². The van der Waals surface area contributed by atoms with Crippen LogP contribution in [0.2, 0.25) is 0 Å². The zero-order chi connectivity index (χ0) is 12.5. The average molecular weight is 319 g/mol. The molecule has 0 saturated heterocycles. The summed E-state index contributed by atoms with van der Waals surface area (Å²) in [6.45, 7) is 0.717. The fraction of sp³-hybridized carbons (Fsp3) is 0.455. The molecule has 1 saturated carbocycles. The molecule has 6 heteroatoms. The monoisotopic (exact) mass is 318 g/mol. The van der Waals surface area contributed by atoms with Gasteiger partial charge in [-0.05, 0) is 53.5 Å². The molecule has 0 spiro atoms. The highest BCUT2D eigenvalue weighted by atomic mass is 79.9. The van der Waals surface area contributed by atoms with E-state index < -0.39 is 10.0 Å². The fourth-order valence-electron chi connectivity index (χ4n) is 1.56. The van der Waals surface area contributed by atoms with Crippen LogP contribution in [0.5, 0.6) is 0 Å². The molecule has 1 aliphatic carbocycles. The van der Waals surface area contributed by atoms with Gasteiger partial charge in [-0.2, -0.15) is 0 Å². The van der Waals surface area contributed by atoms with E-state index >= 15 is 0 Å². The largest absolute Gasteiger partial charge is 0.316 e. The lowest BCUT2D eigenvalue weighted by atomic mass is 10.2. The lowest BCUT2D eigenvalue weighted by molar-refractivity contribution is 0.580. The zero-order valence-corrected chi connectivity index (χ0v) is 11.9. The molecule has 1 aliphatic rings. The molecule has 0 amide bonds. The van der Waals surface area contributed by atoms with Gasteiger partial charge in [0.25, 0.3) is 0 Å². The third-order valence-electron chi connectivity index (χ3n) is 2.57. The van der Waals surface area contributed by atoms with Crippen molar-refractivity contribution in [3.63, 3.8) is 0 Å². The first-order valence-electron chi connectivity index (χ1n) is 5.48. The maximum absolute atomic E-state index is 12.0. The summed E-state index contributed by atoms with van der Waals surface area (Å²) in [5.41, 5.74) is 1.05. The van der Waals surface area contributed by atoms with Crippen LogP contribution in [0.4, 0.5) is 0 Å². The Bertz CT molecular complexity index is 512. The van der Waals surface area contributed by atoms with E-state index in [2.05, 4.69) is 26.0 Å². The lowest BCUT2D eigenvalue weighted by Gasteiger charge is -2.09. The van der Waals surface area contributed by atoms with Crippen LogP contribution in [-0.2, 0) is 16.6 Å². The molecule has 94 valence electrons. The van der Waals surface area contributed by atoms with Gasteiger partial charge in [-0.15, -0.1) is 0 Å². The fourth-order valence-corrected chi connectivity index (χ4v) is 3.99. The van der Waals surface area contributed by atoms with Crippen LogP contribution in [0.15, 0.2) is 27.6 Å². The molecule has 0 atom stereocenters. The van der Waals surface area contributed by atoms with Crippen LogP contribution < -0.4 is 10.0 Å². The second-order valence-electron chi connectivity index (χ2n) is 4.19. The van der Waals surface area contributed by atoms with Crippen LogP contribution in [0.25, 0.3) is 0 Å². The predicted octanol–water partition coefficient (Wildman–Crippen LogP) is 1.61. The summed E-state index contributed by atoms with van der Waals surface area (Å²) in [5, 5.41) is 3.03. The SMILES string of the molecule is CNCc1ccc(S(=O)(=O)NC2CC2)c(Br)c1. The Balaban J connectivity index is 2.25. The second-order valence-corrected chi connectivity index (χ2v) is 6.73. The summed E-state index contributed by atoms with van der Waals surface area (Å²) in [6.07, 6.45) is 1.88. The molecule has 1 aromatic carbocycles. The van der Waals surface area contributed by atoms with Gasteiger partial charge in [-0.25, -0.2) is 13.1 Å². The molecule has 2 rings (SSSR count). The van der Waals surface area contributed by atoms with Gasteiger partial charge < -0.3 is 5.32 Å². The van der Waals surface area contributed by atoms with Gasteiger partial charge in [0.2, 0.25) is 10.0 Å². The van der Waals surface area contributed by atoms with Crippen molar-refractivity contribution in [2.24, 2.45) is 0 Å². The number of hydrogen-bond donors (Lipinski definition) is 2. The smallest absolute Gasteiger partial charge is 0.241 e. The number of benzene rings is 1. The third-order valence-corrected chi connectivity index (χ3v) is 5.06. The van der Waals surface area contributed by atoms with Crippen molar-refractivity contribution in [3.8, 4) is 0 Å². The number of hydrogen-bond acceptors (Lipinski definition) is 3. The second kappa shape index (κ2) is 5.06. The Morgan fingerprint density at radius 1 is 1.41 bits per heavy atom. The van der Waals surface area contributed by atoms with Crippen LogP contribution in [0.3, 0.4) is 0 Å². The van der Waals surface area contributed by atoms with Gasteiger partial charge in [0, 0.05) is 17.1 Å². The third kappa shape index (κ3) is 3.28. The highest BCUT2D eigenvalue weighted by Gasteiger charge is 2.28. The van der Waals surface area contributed by atoms with Crippen LogP contribution in [0, 0.1) is 0 Å². The molecule has 0 heterocycles. The number of sulfonamides is 1. The molecule has 0 unspecified atom stereocenters. The summed E-state index contributed by atoms with van der Waals surface area (Å²) >= 11 is 3.32. The Labute approximate surface area is 110 Å². The predicted molar refractivity (Wildman–Crippen MR) is 70.2 cm³/mol. The van der Waals surface area contributed by atoms with Crippen LogP contribution >= 0.6 is 15.9 Å². The van der Waals surface area contributed by atoms with E-state index in [-0.39, 0.29) is 6.04 Å². The Hall–Kier alpha value is -0.430. The number of rotatable bonds is 5. The maximum Gasteiger partial charge on any atom is 0.241 e. The first kappa shape index (κ1) is 13.0. The van der Waals surface area contributed by atoms with Gasteiger partial charge in [0.15, 0.2) is 0 Å². The van der Waals surface area contributed by atoms with Crippen LogP contribution in [0.1, 0.15) is 18.4 Å². The van der Waals surface area contributed by atoms with E-state index in [1.807, 2.05) is 19.2 Å². The Kier molecular flexibility index (Phi) is 3.87. The highest BCUT2D eigenvalue weighted by Crippen LogP contribution is 2.26. The van der Waals surface area contributed by atoms with E-state index in [9.17, 15) is 8.42 Å². The molecule has 0 aliphatic heterocycles. The molecule has 0 bridgehead atoms. The molecular weight excluding hydrogens is 304 g/mol.